The van der Waals surface area contributed by atoms with E-state index in [1.165, 1.54) is 32.8 Å². The first kappa shape index (κ1) is 22.7. The maximum absolute atomic E-state index is 11.9. The molecule has 0 spiro atoms. The van der Waals surface area contributed by atoms with Crippen LogP contribution in [0.4, 0.5) is 5.69 Å². The minimum atomic E-state index is -0.582. The van der Waals surface area contributed by atoms with Crippen LogP contribution in [0.3, 0.4) is 0 Å². The fourth-order valence-corrected chi connectivity index (χ4v) is 4.19. The van der Waals surface area contributed by atoms with Gasteiger partial charge in [-0.3, -0.25) is 9.59 Å². The van der Waals surface area contributed by atoms with E-state index < -0.39 is 11.9 Å². The number of methoxy groups -OCH3 is 1. The molecule has 2 N–H and O–H groups in total. The molecule has 6 nitrogen and oxygen atoms in total. The molecule has 0 atom stereocenters. The number of esters is 1. The molecule has 31 heavy (non-hydrogen) atoms. The molecule has 0 heterocycles. The monoisotopic (exact) mass is 425 g/mol. The van der Waals surface area contributed by atoms with E-state index in [0.29, 0.717) is 22.9 Å². The number of rotatable bonds is 8. The molecule has 1 saturated carbocycles. The van der Waals surface area contributed by atoms with Crippen LogP contribution >= 0.6 is 0 Å². The number of benzene rings is 2. The number of phenolic OH excluding ortho intramolecular Hbond substituents is 1. The molecular weight excluding hydrogens is 394 g/mol. The van der Waals surface area contributed by atoms with Gasteiger partial charge in [0.25, 0.3) is 0 Å². The average Bonchev–Trinajstić information content (AvgIpc) is 3.24. The lowest BCUT2D eigenvalue weighted by atomic mass is 9.97. The van der Waals surface area contributed by atoms with Crippen molar-refractivity contribution in [2.24, 2.45) is 5.92 Å². The van der Waals surface area contributed by atoms with Crippen molar-refractivity contribution in [1.82, 2.24) is 0 Å². The summed E-state index contributed by atoms with van der Waals surface area (Å²) in [5.41, 5.74) is 3.22. The average molecular weight is 426 g/mol. The van der Waals surface area contributed by atoms with Gasteiger partial charge in [-0.15, -0.1) is 0 Å². The molecular formula is C25H31NO5. The van der Waals surface area contributed by atoms with Crippen LogP contribution in [0.1, 0.15) is 55.2 Å². The molecule has 1 amide bonds. The van der Waals surface area contributed by atoms with Gasteiger partial charge in [0, 0.05) is 5.69 Å². The Morgan fingerprint density at radius 3 is 2.42 bits per heavy atom. The van der Waals surface area contributed by atoms with Crippen LogP contribution in [0.25, 0.3) is 0 Å². The van der Waals surface area contributed by atoms with Crippen LogP contribution < -0.4 is 10.1 Å². The van der Waals surface area contributed by atoms with E-state index in [0.717, 1.165) is 35.4 Å². The summed E-state index contributed by atoms with van der Waals surface area (Å²) < 4.78 is 10.7. The number of amides is 1. The normalized spacial score (nSPS) is 13.8. The van der Waals surface area contributed by atoms with E-state index in [9.17, 15) is 14.7 Å². The van der Waals surface area contributed by atoms with Crippen LogP contribution in [-0.2, 0) is 20.7 Å². The van der Waals surface area contributed by atoms with Crippen molar-refractivity contribution >= 4 is 17.6 Å². The highest BCUT2D eigenvalue weighted by Crippen LogP contribution is 2.35. The summed E-state index contributed by atoms with van der Waals surface area (Å²) in [5, 5.41) is 13.0. The van der Waals surface area contributed by atoms with Crippen molar-refractivity contribution in [3.63, 3.8) is 0 Å². The van der Waals surface area contributed by atoms with Gasteiger partial charge in [0.15, 0.2) is 0 Å². The third-order valence-corrected chi connectivity index (χ3v) is 5.84. The zero-order valence-corrected chi connectivity index (χ0v) is 18.5. The molecule has 6 heteroatoms. The zero-order valence-electron chi connectivity index (χ0n) is 18.5. The Labute approximate surface area is 183 Å². The highest BCUT2D eigenvalue weighted by molar-refractivity contribution is 6.02. The first-order chi connectivity index (χ1) is 14.9. The maximum Gasteiger partial charge on any atom is 0.315 e. The smallest absolute Gasteiger partial charge is 0.315 e. The highest BCUT2D eigenvalue weighted by atomic mass is 16.5. The van der Waals surface area contributed by atoms with Crippen LogP contribution in [-0.4, -0.2) is 24.1 Å². The minimum absolute atomic E-state index is 0.308. The third-order valence-electron chi connectivity index (χ3n) is 5.84. The van der Waals surface area contributed by atoms with Crippen molar-refractivity contribution in [2.45, 2.75) is 58.8 Å². The fourth-order valence-electron chi connectivity index (χ4n) is 4.19. The van der Waals surface area contributed by atoms with Gasteiger partial charge in [0.2, 0.25) is 5.91 Å². The standard InChI is InChI=1S/C25H31NO5/c1-16-12-20(26-23(28)15-24(29)30-3)13-17(2)25(16)31-21-10-11-22(27)19(14-21)9-8-18-6-4-5-7-18/h10-14,18,27H,4-9,15H2,1-3H3,(H,26,28). The van der Waals surface area contributed by atoms with Crippen molar-refractivity contribution in [3.05, 3.63) is 47.0 Å². The SMILES string of the molecule is COC(=O)CC(=O)Nc1cc(C)c(Oc2ccc(O)c(CCC3CCCC3)c2)c(C)c1. The van der Waals surface area contributed by atoms with E-state index in [4.69, 9.17) is 4.74 Å². The van der Waals surface area contributed by atoms with Gasteiger partial charge in [-0.25, -0.2) is 0 Å². The van der Waals surface area contributed by atoms with E-state index in [-0.39, 0.29) is 6.42 Å². The highest BCUT2D eigenvalue weighted by Gasteiger charge is 2.17. The van der Waals surface area contributed by atoms with E-state index in [1.807, 2.05) is 19.9 Å². The molecule has 0 unspecified atom stereocenters. The Morgan fingerprint density at radius 2 is 1.77 bits per heavy atom. The van der Waals surface area contributed by atoms with Crippen molar-refractivity contribution in [2.75, 3.05) is 12.4 Å². The van der Waals surface area contributed by atoms with Crippen molar-refractivity contribution in [3.8, 4) is 17.2 Å². The van der Waals surface area contributed by atoms with Gasteiger partial charge in [-0.1, -0.05) is 25.7 Å². The number of hydrogen-bond donors (Lipinski definition) is 2. The topological polar surface area (TPSA) is 84.9 Å². The van der Waals surface area contributed by atoms with E-state index in [2.05, 4.69) is 10.1 Å². The lowest BCUT2D eigenvalue weighted by Crippen LogP contribution is -2.17. The van der Waals surface area contributed by atoms with Crippen LogP contribution in [0.5, 0.6) is 17.2 Å². The molecule has 0 saturated heterocycles. The van der Waals surface area contributed by atoms with E-state index in [1.54, 1.807) is 24.3 Å². The molecule has 166 valence electrons. The molecule has 1 aliphatic carbocycles. The third kappa shape index (κ3) is 6.23. The minimum Gasteiger partial charge on any atom is -0.508 e. The summed E-state index contributed by atoms with van der Waals surface area (Å²) in [6, 6.07) is 8.97. The molecule has 3 rings (SSSR count). The Morgan fingerprint density at radius 1 is 1.10 bits per heavy atom. The Hall–Kier alpha value is -3.02. The van der Waals surface area contributed by atoms with Crippen molar-refractivity contribution in [1.29, 1.82) is 0 Å². The quantitative estimate of drug-likeness (QED) is 0.435. The first-order valence-electron chi connectivity index (χ1n) is 10.8. The fraction of sp³-hybridized carbons (Fsp3) is 0.440. The second-order valence-corrected chi connectivity index (χ2v) is 8.32. The zero-order chi connectivity index (χ0) is 22.4. The predicted molar refractivity (Wildman–Crippen MR) is 120 cm³/mol. The number of aromatic hydroxyl groups is 1. The number of carbonyl (C=O) groups excluding carboxylic acids is 2. The Balaban J connectivity index is 1.69. The van der Waals surface area contributed by atoms with Crippen LogP contribution in [0.2, 0.25) is 0 Å². The summed E-state index contributed by atoms with van der Waals surface area (Å²) >= 11 is 0. The molecule has 2 aromatic carbocycles. The number of phenols is 1. The van der Waals surface area contributed by atoms with E-state index >= 15 is 0 Å². The number of carbonyl (C=O) groups is 2. The summed E-state index contributed by atoms with van der Waals surface area (Å²) in [5.74, 6) is 1.44. The number of anilines is 1. The molecule has 0 bridgehead atoms. The first-order valence-corrected chi connectivity index (χ1v) is 10.8. The lowest BCUT2D eigenvalue weighted by molar-refractivity contribution is -0.142. The number of nitrogens with one attached hydrogen (secondary N) is 1. The van der Waals surface area contributed by atoms with Crippen molar-refractivity contribution < 1.29 is 24.2 Å². The largest absolute Gasteiger partial charge is 0.508 e. The summed E-state index contributed by atoms with van der Waals surface area (Å²) in [4.78, 5) is 23.2. The van der Waals surface area contributed by atoms with Gasteiger partial charge >= 0.3 is 5.97 Å². The lowest BCUT2D eigenvalue weighted by Gasteiger charge is -2.16. The molecule has 2 aromatic rings. The molecule has 0 aliphatic heterocycles. The molecule has 1 fully saturated rings. The van der Waals surface area contributed by atoms with Crippen LogP contribution in [0.15, 0.2) is 30.3 Å². The maximum atomic E-state index is 11.9. The Kier molecular flexibility index (Phi) is 7.55. The van der Waals surface area contributed by atoms with Gasteiger partial charge in [-0.05, 0) is 79.6 Å². The second kappa shape index (κ2) is 10.3. The van der Waals surface area contributed by atoms with Gasteiger partial charge in [-0.2, -0.15) is 0 Å². The number of hydrogen-bond acceptors (Lipinski definition) is 5. The summed E-state index contributed by atoms with van der Waals surface area (Å²) in [6.07, 6.45) is 6.82. The molecule has 0 aromatic heterocycles. The Bertz CT molecular complexity index is 924. The van der Waals surface area contributed by atoms with Gasteiger partial charge in [0.1, 0.15) is 23.7 Å². The summed E-state index contributed by atoms with van der Waals surface area (Å²) in [7, 11) is 1.25. The summed E-state index contributed by atoms with van der Waals surface area (Å²) in [6.45, 7) is 3.80. The molecule has 1 aliphatic rings. The predicted octanol–water partition coefficient (Wildman–Crippen LogP) is 5.43. The number of ether oxygens (including phenoxy) is 2. The van der Waals surface area contributed by atoms with Gasteiger partial charge < -0.3 is 19.9 Å². The number of aryl methyl sites for hydroxylation is 3. The van der Waals surface area contributed by atoms with Gasteiger partial charge in [0.05, 0.1) is 7.11 Å². The van der Waals surface area contributed by atoms with Crippen LogP contribution in [0, 0.1) is 19.8 Å². The molecule has 0 radical (unpaired) electrons. The second-order valence-electron chi connectivity index (χ2n) is 8.32.